The first-order valence-electron chi connectivity index (χ1n) is 10.2. The predicted octanol–water partition coefficient (Wildman–Crippen LogP) is 4.30. The summed E-state index contributed by atoms with van der Waals surface area (Å²) in [5.41, 5.74) is 8.53. The standard InChI is InChI=1S/C24H21N3O5/c1-14-5-7-15(8-6-14)13-31-20-10-9-16(11-18(20)27(29)30)22-17(12-25)24(26)32-21-4-2-3-19(28)23(21)22/h5-11,22H,2-4,13,26H2,1H3/t22-/m1/s1. The van der Waals surface area contributed by atoms with Crippen LogP contribution in [0.15, 0.2) is 65.3 Å². The maximum Gasteiger partial charge on any atom is 0.311 e. The van der Waals surface area contributed by atoms with E-state index in [9.17, 15) is 20.2 Å². The van der Waals surface area contributed by atoms with Crippen molar-refractivity contribution in [2.24, 2.45) is 5.73 Å². The van der Waals surface area contributed by atoms with Crippen LogP contribution in [0.4, 0.5) is 5.69 Å². The summed E-state index contributed by atoms with van der Waals surface area (Å²) in [6, 6.07) is 14.2. The maximum absolute atomic E-state index is 12.7. The van der Waals surface area contributed by atoms with Crippen molar-refractivity contribution in [3.05, 3.63) is 92.1 Å². The van der Waals surface area contributed by atoms with Crippen molar-refractivity contribution >= 4 is 11.5 Å². The number of carbonyl (C=O) groups excluding carboxylic acids is 1. The van der Waals surface area contributed by atoms with Gasteiger partial charge in [-0.25, -0.2) is 0 Å². The average Bonchev–Trinajstić information content (AvgIpc) is 2.78. The van der Waals surface area contributed by atoms with E-state index in [0.717, 1.165) is 11.1 Å². The molecule has 1 aliphatic heterocycles. The van der Waals surface area contributed by atoms with Crippen molar-refractivity contribution in [3.8, 4) is 11.8 Å². The summed E-state index contributed by atoms with van der Waals surface area (Å²) in [5, 5.41) is 21.5. The molecule has 0 unspecified atom stereocenters. The van der Waals surface area contributed by atoms with Crippen molar-refractivity contribution in [1.29, 1.82) is 5.26 Å². The molecule has 0 radical (unpaired) electrons. The normalized spacial score (nSPS) is 18.0. The number of carbonyl (C=O) groups is 1. The van der Waals surface area contributed by atoms with Gasteiger partial charge in [0.2, 0.25) is 5.88 Å². The summed E-state index contributed by atoms with van der Waals surface area (Å²) in [7, 11) is 0. The van der Waals surface area contributed by atoms with E-state index in [4.69, 9.17) is 15.2 Å². The molecule has 0 fully saturated rings. The summed E-state index contributed by atoms with van der Waals surface area (Å²) in [4.78, 5) is 23.9. The van der Waals surface area contributed by atoms with Crippen LogP contribution in [0.3, 0.4) is 0 Å². The molecule has 0 spiro atoms. The van der Waals surface area contributed by atoms with Crippen LogP contribution in [0.5, 0.6) is 5.75 Å². The van der Waals surface area contributed by atoms with Gasteiger partial charge in [-0.1, -0.05) is 35.9 Å². The third-order valence-corrected chi connectivity index (χ3v) is 5.63. The number of nitrogens with zero attached hydrogens (tertiary/aromatic N) is 2. The number of nitriles is 1. The number of nitro benzene ring substituents is 1. The summed E-state index contributed by atoms with van der Waals surface area (Å²) >= 11 is 0. The molecule has 1 aliphatic carbocycles. The Morgan fingerprint density at radius 2 is 2.00 bits per heavy atom. The number of hydrogen-bond donors (Lipinski definition) is 1. The van der Waals surface area contributed by atoms with Gasteiger partial charge in [0.05, 0.1) is 10.8 Å². The van der Waals surface area contributed by atoms with Gasteiger partial charge in [0.1, 0.15) is 24.0 Å². The molecule has 8 nitrogen and oxygen atoms in total. The fourth-order valence-corrected chi connectivity index (χ4v) is 4.01. The van der Waals surface area contributed by atoms with Crippen LogP contribution in [-0.4, -0.2) is 10.7 Å². The third kappa shape index (κ3) is 3.93. The van der Waals surface area contributed by atoms with Gasteiger partial charge in [-0.15, -0.1) is 0 Å². The Morgan fingerprint density at radius 3 is 2.69 bits per heavy atom. The number of rotatable bonds is 5. The number of benzene rings is 2. The molecule has 8 heteroatoms. The van der Waals surface area contributed by atoms with E-state index in [0.29, 0.717) is 36.2 Å². The number of aryl methyl sites for hydroxylation is 1. The highest BCUT2D eigenvalue weighted by Crippen LogP contribution is 2.45. The lowest BCUT2D eigenvalue weighted by Gasteiger charge is -2.30. The summed E-state index contributed by atoms with van der Waals surface area (Å²) in [6.07, 6.45) is 1.49. The summed E-state index contributed by atoms with van der Waals surface area (Å²) < 4.78 is 11.3. The van der Waals surface area contributed by atoms with Gasteiger partial charge in [0, 0.05) is 24.5 Å². The van der Waals surface area contributed by atoms with E-state index < -0.39 is 10.8 Å². The van der Waals surface area contributed by atoms with Gasteiger partial charge in [0.15, 0.2) is 11.5 Å². The minimum absolute atomic E-state index is 0.0709. The molecule has 0 bridgehead atoms. The minimum atomic E-state index is -0.804. The van der Waals surface area contributed by atoms with Crippen LogP contribution in [0.1, 0.15) is 41.9 Å². The number of Topliss-reactive ketones (excluding diaryl/α,β-unsaturated/α-hetero) is 1. The Bertz CT molecular complexity index is 1210. The number of allylic oxidation sites excluding steroid dienone is 3. The first kappa shape index (κ1) is 21.1. The monoisotopic (exact) mass is 431 g/mol. The molecular formula is C24H21N3O5. The molecule has 2 aromatic rings. The largest absolute Gasteiger partial charge is 0.482 e. The van der Waals surface area contributed by atoms with Crippen molar-refractivity contribution in [3.63, 3.8) is 0 Å². The lowest BCUT2D eigenvalue weighted by Crippen LogP contribution is -2.27. The Balaban J connectivity index is 1.72. The quantitative estimate of drug-likeness (QED) is 0.552. The fraction of sp³-hybridized carbons (Fsp3) is 0.250. The van der Waals surface area contributed by atoms with E-state index in [1.54, 1.807) is 6.07 Å². The zero-order chi connectivity index (χ0) is 22.8. The first-order chi connectivity index (χ1) is 15.4. The molecule has 1 atom stereocenters. The fourth-order valence-electron chi connectivity index (χ4n) is 4.01. The predicted molar refractivity (Wildman–Crippen MR) is 115 cm³/mol. The molecule has 2 aliphatic rings. The van der Waals surface area contributed by atoms with Gasteiger partial charge < -0.3 is 15.2 Å². The third-order valence-electron chi connectivity index (χ3n) is 5.63. The van der Waals surface area contributed by atoms with E-state index in [1.807, 2.05) is 37.3 Å². The Morgan fingerprint density at radius 1 is 1.25 bits per heavy atom. The zero-order valence-electron chi connectivity index (χ0n) is 17.5. The molecule has 2 N–H and O–H groups in total. The Hall–Kier alpha value is -4.12. The molecule has 0 saturated carbocycles. The molecule has 0 aromatic heterocycles. The van der Waals surface area contributed by atoms with Crippen molar-refractivity contribution in [2.45, 2.75) is 38.7 Å². The molecule has 1 heterocycles. The van der Waals surface area contributed by atoms with Crippen LogP contribution >= 0.6 is 0 Å². The molecule has 162 valence electrons. The Kier molecular flexibility index (Phi) is 5.65. The molecule has 4 rings (SSSR count). The maximum atomic E-state index is 12.7. The van der Waals surface area contributed by atoms with Crippen LogP contribution in [0.2, 0.25) is 0 Å². The van der Waals surface area contributed by atoms with E-state index in [1.165, 1.54) is 12.1 Å². The van der Waals surface area contributed by atoms with Gasteiger partial charge in [-0.05, 0) is 30.5 Å². The highest BCUT2D eigenvalue weighted by molar-refractivity contribution is 5.99. The van der Waals surface area contributed by atoms with Crippen molar-refractivity contribution < 1.29 is 19.2 Å². The summed E-state index contributed by atoms with van der Waals surface area (Å²) in [5.74, 6) is -0.482. The minimum Gasteiger partial charge on any atom is -0.482 e. The first-order valence-corrected chi connectivity index (χ1v) is 10.2. The zero-order valence-corrected chi connectivity index (χ0v) is 17.5. The van der Waals surface area contributed by atoms with Crippen LogP contribution in [0.25, 0.3) is 0 Å². The topological polar surface area (TPSA) is 128 Å². The van der Waals surface area contributed by atoms with Crippen LogP contribution < -0.4 is 10.5 Å². The van der Waals surface area contributed by atoms with Crippen LogP contribution in [-0.2, 0) is 16.1 Å². The lowest BCUT2D eigenvalue weighted by molar-refractivity contribution is -0.386. The summed E-state index contributed by atoms with van der Waals surface area (Å²) in [6.45, 7) is 2.14. The second kappa shape index (κ2) is 8.55. The molecular weight excluding hydrogens is 410 g/mol. The lowest BCUT2D eigenvalue weighted by atomic mass is 9.77. The molecule has 0 amide bonds. The Labute approximate surface area is 184 Å². The highest BCUT2D eigenvalue weighted by Gasteiger charge is 2.38. The number of nitrogens with two attached hydrogens (primary N) is 1. The number of nitro groups is 1. The molecule has 2 aromatic carbocycles. The molecule has 32 heavy (non-hydrogen) atoms. The average molecular weight is 431 g/mol. The van der Waals surface area contributed by atoms with E-state index >= 15 is 0 Å². The van der Waals surface area contributed by atoms with Crippen LogP contribution in [0, 0.1) is 28.4 Å². The van der Waals surface area contributed by atoms with Gasteiger partial charge in [-0.2, -0.15) is 5.26 Å². The van der Waals surface area contributed by atoms with E-state index in [2.05, 4.69) is 0 Å². The van der Waals surface area contributed by atoms with Crippen molar-refractivity contribution in [1.82, 2.24) is 0 Å². The van der Waals surface area contributed by atoms with Gasteiger partial charge in [0.25, 0.3) is 0 Å². The van der Waals surface area contributed by atoms with Crippen molar-refractivity contribution in [2.75, 3.05) is 0 Å². The SMILES string of the molecule is Cc1ccc(COc2ccc([C@@H]3C(C#N)=C(N)OC4=C3C(=O)CCC4)cc2[N+](=O)[O-])cc1. The smallest absolute Gasteiger partial charge is 0.311 e. The molecule has 0 saturated heterocycles. The van der Waals surface area contributed by atoms with Gasteiger partial charge in [-0.3, -0.25) is 14.9 Å². The number of ketones is 1. The highest BCUT2D eigenvalue weighted by atomic mass is 16.6. The number of hydrogen-bond acceptors (Lipinski definition) is 7. The van der Waals surface area contributed by atoms with Gasteiger partial charge >= 0.3 is 5.69 Å². The second-order valence-corrected chi connectivity index (χ2v) is 7.80. The second-order valence-electron chi connectivity index (χ2n) is 7.80. The van der Waals surface area contributed by atoms with E-state index in [-0.39, 0.29) is 35.3 Å². The number of ether oxygens (including phenoxy) is 2.